The van der Waals surface area contributed by atoms with E-state index in [1.54, 1.807) is 6.26 Å². The Bertz CT molecular complexity index is 1230. The normalized spacial score (nSPS) is 23.0. The van der Waals surface area contributed by atoms with Crippen molar-refractivity contribution in [2.24, 2.45) is 5.73 Å². The third-order valence-corrected chi connectivity index (χ3v) is 6.94. The zero-order valence-electron chi connectivity index (χ0n) is 19.6. The number of H-pyrrole nitrogens is 1. The number of aromatic amines is 1. The summed E-state index contributed by atoms with van der Waals surface area (Å²) in [6.07, 6.45) is 0.249. The zero-order chi connectivity index (χ0) is 27.3. The molecule has 1 aliphatic rings. The van der Waals surface area contributed by atoms with Gasteiger partial charge in [-0.3, -0.25) is 28.2 Å². The largest absolute Gasteiger partial charge is 0.480 e. The molecule has 37 heavy (non-hydrogen) atoms. The molecule has 0 aliphatic carbocycles. The molecule has 2 aromatic rings. The molecule has 6 atom stereocenters. The summed E-state index contributed by atoms with van der Waals surface area (Å²) < 4.78 is 29.0. The van der Waals surface area contributed by atoms with E-state index in [1.807, 2.05) is 0 Å². The first-order chi connectivity index (χ1) is 17.4. The summed E-state index contributed by atoms with van der Waals surface area (Å²) in [6.45, 7) is -1.31. The SMILES string of the molecule is CSCC[C@H](NC(=O)[C@@H](N)COP(=O)(O)OC[C@H]1O[C@@H](n2cnc3c(=O)[nH]c(N)nc32)C[C@@H]1O)C(=O)O. The number of nitrogen functional groups attached to an aromatic ring is 1. The van der Waals surface area contributed by atoms with Crippen LogP contribution in [-0.2, 0) is 27.9 Å². The average molecular weight is 566 g/mol. The maximum atomic E-state index is 12.2. The van der Waals surface area contributed by atoms with E-state index in [2.05, 4.69) is 20.3 Å². The van der Waals surface area contributed by atoms with Crippen LogP contribution in [0.1, 0.15) is 19.1 Å². The standard InChI is InChI=1S/C18H28N7O10PS/c1-37-3-2-9(17(29)30)22-15(27)8(19)5-33-36(31,32)34-6-11-10(26)4-12(35-11)25-7-21-13-14(25)23-18(20)24-16(13)28/h7-12,26H,2-6,19H2,1H3,(H,22,27)(H,29,30)(H,31,32)(H3,20,23,24,28)/t8-,9-,10-,11+,12+/m0/s1. The quantitative estimate of drug-likeness (QED) is 0.131. The molecule has 0 radical (unpaired) electrons. The molecule has 1 amide bonds. The predicted molar refractivity (Wildman–Crippen MR) is 129 cm³/mol. The lowest BCUT2D eigenvalue weighted by molar-refractivity contribution is -0.142. The number of nitrogens with one attached hydrogen (secondary N) is 2. The second-order valence-electron chi connectivity index (χ2n) is 8.05. The van der Waals surface area contributed by atoms with Crippen molar-refractivity contribution in [2.45, 2.75) is 43.4 Å². The van der Waals surface area contributed by atoms with Gasteiger partial charge in [-0.15, -0.1) is 0 Å². The maximum Gasteiger partial charge on any atom is 0.472 e. The molecule has 17 nitrogen and oxygen atoms in total. The summed E-state index contributed by atoms with van der Waals surface area (Å²) in [4.78, 5) is 55.6. The van der Waals surface area contributed by atoms with Gasteiger partial charge in [0.25, 0.3) is 5.56 Å². The topological polar surface area (TPSA) is 267 Å². The van der Waals surface area contributed by atoms with Gasteiger partial charge in [0.15, 0.2) is 11.2 Å². The number of carboxylic acid groups (broad SMARTS) is 1. The minimum atomic E-state index is -4.73. The fourth-order valence-corrected chi connectivity index (χ4v) is 4.65. The first kappa shape index (κ1) is 29.0. The Balaban J connectivity index is 1.51. The van der Waals surface area contributed by atoms with Crippen molar-refractivity contribution in [3.8, 4) is 0 Å². The lowest BCUT2D eigenvalue weighted by Gasteiger charge is -2.20. The summed E-state index contributed by atoms with van der Waals surface area (Å²) in [5.74, 6) is -1.78. The van der Waals surface area contributed by atoms with Crippen LogP contribution >= 0.6 is 19.6 Å². The van der Waals surface area contributed by atoms with Gasteiger partial charge in [-0.05, 0) is 18.4 Å². The minimum absolute atomic E-state index is 0.0135. The molecule has 3 rings (SSSR count). The van der Waals surface area contributed by atoms with Crippen molar-refractivity contribution in [1.29, 1.82) is 0 Å². The van der Waals surface area contributed by atoms with Gasteiger partial charge in [0, 0.05) is 6.42 Å². The molecular weight excluding hydrogens is 537 g/mol. The van der Waals surface area contributed by atoms with Gasteiger partial charge < -0.3 is 36.6 Å². The molecule has 1 saturated heterocycles. The van der Waals surface area contributed by atoms with E-state index in [4.69, 9.17) is 25.3 Å². The number of carbonyl (C=O) groups is 2. The van der Waals surface area contributed by atoms with E-state index in [1.165, 1.54) is 22.7 Å². The summed E-state index contributed by atoms with van der Waals surface area (Å²) in [7, 11) is -4.73. The van der Waals surface area contributed by atoms with Gasteiger partial charge in [0.2, 0.25) is 11.9 Å². The van der Waals surface area contributed by atoms with Gasteiger partial charge in [-0.25, -0.2) is 14.3 Å². The first-order valence-electron chi connectivity index (χ1n) is 10.9. The number of imidazole rings is 1. The van der Waals surface area contributed by atoms with Crippen molar-refractivity contribution in [2.75, 3.05) is 31.0 Å². The number of amides is 1. The van der Waals surface area contributed by atoms with Crippen LogP contribution in [0, 0.1) is 0 Å². The number of phosphoric acid groups is 1. The number of nitrogens with two attached hydrogens (primary N) is 2. The number of thioether (sulfide) groups is 1. The number of hydrogen-bond donors (Lipinski definition) is 7. The van der Waals surface area contributed by atoms with E-state index >= 15 is 0 Å². The molecule has 3 heterocycles. The number of ether oxygens (including phenoxy) is 1. The van der Waals surface area contributed by atoms with Crippen LogP contribution in [0.4, 0.5) is 5.95 Å². The Morgan fingerprint density at radius 2 is 2.19 bits per heavy atom. The Hall–Kier alpha value is -2.57. The number of fused-ring (bicyclic) bond motifs is 1. The van der Waals surface area contributed by atoms with Gasteiger partial charge in [0.05, 0.1) is 25.6 Å². The highest BCUT2D eigenvalue weighted by atomic mass is 32.2. The van der Waals surface area contributed by atoms with Crippen molar-refractivity contribution < 1.29 is 43.0 Å². The molecular formula is C18H28N7O10PS. The number of aromatic nitrogens is 4. The number of rotatable bonds is 13. The first-order valence-corrected chi connectivity index (χ1v) is 13.8. The van der Waals surface area contributed by atoms with Gasteiger partial charge >= 0.3 is 13.8 Å². The smallest absolute Gasteiger partial charge is 0.472 e. The van der Waals surface area contributed by atoms with E-state index in [0.29, 0.717) is 5.75 Å². The molecule has 2 aromatic heterocycles. The Labute approximate surface area is 213 Å². The van der Waals surface area contributed by atoms with Crippen LogP contribution in [0.3, 0.4) is 0 Å². The number of phosphoric ester groups is 1. The highest BCUT2D eigenvalue weighted by molar-refractivity contribution is 7.98. The number of aliphatic hydroxyl groups excluding tert-OH is 1. The van der Waals surface area contributed by atoms with Crippen molar-refractivity contribution >= 4 is 48.6 Å². The number of aliphatic hydroxyl groups is 1. The molecule has 0 aromatic carbocycles. The van der Waals surface area contributed by atoms with Crippen LogP contribution < -0.4 is 22.3 Å². The van der Waals surface area contributed by atoms with Crippen molar-refractivity contribution in [1.82, 2.24) is 24.8 Å². The Kier molecular flexibility index (Phi) is 9.65. The van der Waals surface area contributed by atoms with Crippen molar-refractivity contribution in [3.63, 3.8) is 0 Å². The summed E-state index contributed by atoms with van der Waals surface area (Å²) in [6, 6.07) is -2.62. The van der Waals surface area contributed by atoms with E-state index in [9.17, 15) is 34.1 Å². The van der Waals surface area contributed by atoms with Gasteiger partial charge in [0.1, 0.15) is 24.4 Å². The lowest BCUT2D eigenvalue weighted by Crippen LogP contribution is -2.50. The molecule has 0 spiro atoms. The van der Waals surface area contributed by atoms with E-state index in [-0.39, 0.29) is 30.0 Å². The second kappa shape index (κ2) is 12.3. The highest BCUT2D eigenvalue weighted by Gasteiger charge is 2.38. The van der Waals surface area contributed by atoms with Crippen LogP contribution in [0.15, 0.2) is 11.1 Å². The Morgan fingerprint density at radius 1 is 1.46 bits per heavy atom. The molecule has 1 aliphatic heterocycles. The zero-order valence-corrected chi connectivity index (χ0v) is 21.3. The monoisotopic (exact) mass is 565 g/mol. The molecule has 19 heteroatoms. The molecule has 1 fully saturated rings. The molecule has 0 saturated carbocycles. The molecule has 0 bridgehead atoms. The number of anilines is 1. The van der Waals surface area contributed by atoms with Crippen LogP contribution in [0.25, 0.3) is 11.2 Å². The molecule has 1 unspecified atom stereocenters. The summed E-state index contributed by atoms with van der Waals surface area (Å²) in [5, 5.41) is 21.8. The lowest BCUT2D eigenvalue weighted by atomic mass is 10.2. The van der Waals surface area contributed by atoms with E-state index in [0.717, 1.165) is 0 Å². The Morgan fingerprint density at radius 3 is 2.86 bits per heavy atom. The number of carbonyl (C=O) groups excluding carboxylic acids is 1. The van der Waals surface area contributed by atoms with Crippen molar-refractivity contribution in [3.05, 3.63) is 16.7 Å². The second-order valence-corrected chi connectivity index (χ2v) is 10.5. The molecule has 206 valence electrons. The fourth-order valence-electron chi connectivity index (χ4n) is 3.42. The summed E-state index contributed by atoms with van der Waals surface area (Å²) in [5.41, 5.74) is 10.8. The van der Waals surface area contributed by atoms with Crippen LogP contribution in [0.5, 0.6) is 0 Å². The van der Waals surface area contributed by atoms with Gasteiger partial charge in [-0.2, -0.15) is 16.7 Å². The van der Waals surface area contributed by atoms with E-state index < -0.39 is 69.0 Å². The predicted octanol–water partition coefficient (Wildman–Crippen LogP) is -1.87. The molecule has 9 N–H and O–H groups in total. The van der Waals surface area contributed by atoms with Crippen LogP contribution in [-0.4, -0.2) is 96.0 Å². The third-order valence-electron chi connectivity index (χ3n) is 5.35. The third kappa shape index (κ3) is 7.48. The maximum absolute atomic E-state index is 12.2. The number of hydrogen-bond acceptors (Lipinski definition) is 13. The number of aliphatic carboxylic acids is 1. The fraction of sp³-hybridized carbons (Fsp3) is 0.611. The average Bonchev–Trinajstić information content (AvgIpc) is 3.41. The highest BCUT2D eigenvalue weighted by Crippen LogP contribution is 2.44. The van der Waals surface area contributed by atoms with Gasteiger partial charge in [-0.1, -0.05) is 0 Å². The van der Waals surface area contributed by atoms with Crippen LogP contribution in [0.2, 0.25) is 0 Å². The number of nitrogens with zero attached hydrogens (tertiary/aromatic N) is 3. The number of carboxylic acids is 1. The minimum Gasteiger partial charge on any atom is -0.480 e. The summed E-state index contributed by atoms with van der Waals surface area (Å²) >= 11 is 1.40.